The van der Waals surface area contributed by atoms with Crippen LogP contribution in [0, 0.1) is 6.92 Å². The molecule has 3 rings (SSSR count). The SMILES string of the molecule is Cc1ccc(/C=C2\SC(=S)N(CCCCCC(=O)Nc3cc(Cl)ccc3O)C2=O)cc1. The minimum Gasteiger partial charge on any atom is -0.506 e. The molecule has 0 unspecified atom stereocenters. The van der Waals surface area contributed by atoms with E-state index in [2.05, 4.69) is 5.32 Å². The molecule has 0 radical (unpaired) electrons. The Morgan fingerprint density at radius 1 is 1.19 bits per heavy atom. The zero-order valence-electron chi connectivity index (χ0n) is 17.1. The Morgan fingerprint density at radius 2 is 1.94 bits per heavy atom. The lowest BCUT2D eigenvalue weighted by atomic mass is 10.1. The molecule has 5 nitrogen and oxygen atoms in total. The normalized spacial score (nSPS) is 15.0. The molecule has 1 aliphatic rings. The summed E-state index contributed by atoms with van der Waals surface area (Å²) < 4.78 is 0.567. The Bertz CT molecular complexity index is 1020. The molecule has 0 bridgehead atoms. The van der Waals surface area contributed by atoms with E-state index in [4.69, 9.17) is 23.8 Å². The van der Waals surface area contributed by atoms with Gasteiger partial charge in [0.1, 0.15) is 10.1 Å². The van der Waals surface area contributed by atoms with Crippen LogP contribution in [0.25, 0.3) is 6.08 Å². The number of thioether (sulfide) groups is 1. The summed E-state index contributed by atoms with van der Waals surface area (Å²) in [7, 11) is 0. The van der Waals surface area contributed by atoms with E-state index in [1.165, 1.54) is 29.5 Å². The van der Waals surface area contributed by atoms with E-state index in [0.29, 0.717) is 39.3 Å². The van der Waals surface area contributed by atoms with Crippen molar-refractivity contribution >= 4 is 63.5 Å². The second-order valence-corrected chi connectivity index (χ2v) is 9.38. The van der Waals surface area contributed by atoms with Gasteiger partial charge in [-0.25, -0.2) is 0 Å². The van der Waals surface area contributed by atoms with Crippen molar-refractivity contribution in [3.8, 4) is 5.75 Å². The maximum absolute atomic E-state index is 12.7. The first kappa shape index (κ1) is 23.3. The van der Waals surface area contributed by atoms with Crippen LogP contribution in [0.1, 0.15) is 36.8 Å². The van der Waals surface area contributed by atoms with Crippen LogP contribution in [0.5, 0.6) is 5.75 Å². The fourth-order valence-corrected chi connectivity index (χ4v) is 4.54. The molecule has 1 saturated heterocycles. The van der Waals surface area contributed by atoms with Crippen LogP contribution < -0.4 is 5.32 Å². The molecule has 2 N–H and O–H groups in total. The van der Waals surface area contributed by atoms with Crippen LogP contribution in [-0.4, -0.2) is 32.7 Å². The third kappa shape index (κ3) is 6.56. The number of aromatic hydroxyl groups is 1. The lowest BCUT2D eigenvalue weighted by molar-refractivity contribution is -0.122. The fraction of sp³-hybridized carbons (Fsp3) is 0.261. The molecule has 0 saturated carbocycles. The summed E-state index contributed by atoms with van der Waals surface area (Å²) >= 11 is 12.6. The van der Waals surface area contributed by atoms with Crippen molar-refractivity contribution in [2.75, 3.05) is 11.9 Å². The molecule has 1 fully saturated rings. The van der Waals surface area contributed by atoms with Crippen molar-refractivity contribution < 1.29 is 14.7 Å². The summed E-state index contributed by atoms with van der Waals surface area (Å²) in [6.45, 7) is 2.56. The number of hydrogen-bond donors (Lipinski definition) is 2. The summed E-state index contributed by atoms with van der Waals surface area (Å²) in [5.41, 5.74) is 2.45. The zero-order chi connectivity index (χ0) is 22.4. The molecule has 0 aliphatic carbocycles. The number of hydrogen-bond acceptors (Lipinski definition) is 5. The third-order valence-electron chi connectivity index (χ3n) is 4.77. The molecule has 0 spiro atoms. The number of unbranched alkanes of at least 4 members (excludes halogenated alkanes) is 2. The number of amides is 2. The molecule has 2 aromatic rings. The number of aryl methyl sites for hydroxylation is 1. The lowest BCUT2D eigenvalue weighted by Crippen LogP contribution is -2.29. The van der Waals surface area contributed by atoms with Crippen LogP contribution in [0.15, 0.2) is 47.4 Å². The van der Waals surface area contributed by atoms with Gasteiger partial charge in [0.15, 0.2) is 0 Å². The van der Waals surface area contributed by atoms with E-state index in [0.717, 1.165) is 18.4 Å². The van der Waals surface area contributed by atoms with E-state index in [9.17, 15) is 14.7 Å². The number of benzene rings is 2. The predicted octanol–water partition coefficient (Wildman–Crippen LogP) is 5.75. The molecule has 31 heavy (non-hydrogen) atoms. The van der Waals surface area contributed by atoms with Crippen molar-refractivity contribution in [3.63, 3.8) is 0 Å². The fourth-order valence-electron chi connectivity index (χ4n) is 3.06. The average molecular weight is 475 g/mol. The number of rotatable bonds is 8. The number of carbonyl (C=O) groups excluding carboxylic acids is 2. The first-order valence-electron chi connectivity index (χ1n) is 9.94. The van der Waals surface area contributed by atoms with E-state index in [-0.39, 0.29) is 17.6 Å². The van der Waals surface area contributed by atoms with E-state index >= 15 is 0 Å². The summed E-state index contributed by atoms with van der Waals surface area (Å²) in [4.78, 5) is 27.0. The standard InChI is InChI=1S/C23H23ClN2O3S2/c1-15-6-8-16(9-7-15)13-20-22(29)26(23(30)31-20)12-4-2-3-5-21(28)25-18-14-17(24)10-11-19(18)27/h6-11,13-14,27H,2-5,12H2,1H3,(H,25,28)/b20-13-. The van der Waals surface area contributed by atoms with Gasteiger partial charge < -0.3 is 10.4 Å². The minimum absolute atomic E-state index is 0.0224. The first-order valence-corrected chi connectivity index (χ1v) is 11.5. The van der Waals surface area contributed by atoms with Gasteiger partial charge in [0.2, 0.25) is 5.91 Å². The van der Waals surface area contributed by atoms with Crippen molar-refractivity contribution in [3.05, 3.63) is 63.5 Å². The maximum Gasteiger partial charge on any atom is 0.266 e. The molecular weight excluding hydrogens is 452 g/mol. The van der Waals surface area contributed by atoms with Crippen molar-refractivity contribution in [1.29, 1.82) is 0 Å². The van der Waals surface area contributed by atoms with E-state index < -0.39 is 0 Å². The zero-order valence-corrected chi connectivity index (χ0v) is 19.4. The topological polar surface area (TPSA) is 69.6 Å². The maximum atomic E-state index is 12.7. The first-order chi connectivity index (χ1) is 14.8. The number of phenolic OH excluding ortho intramolecular Hbond substituents is 1. The molecule has 0 atom stereocenters. The van der Waals surface area contributed by atoms with E-state index in [1.54, 1.807) is 11.0 Å². The quantitative estimate of drug-likeness (QED) is 0.220. The number of nitrogens with zero attached hydrogens (tertiary/aromatic N) is 1. The third-order valence-corrected chi connectivity index (χ3v) is 6.38. The predicted molar refractivity (Wildman–Crippen MR) is 131 cm³/mol. The molecule has 1 aliphatic heterocycles. The molecule has 0 aromatic heterocycles. The summed E-state index contributed by atoms with van der Waals surface area (Å²) in [5.74, 6) is -0.278. The average Bonchev–Trinajstić information content (AvgIpc) is 2.99. The monoisotopic (exact) mass is 474 g/mol. The summed E-state index contributed by atoms with van der Waals surface area (Å²) in [5, 5.41) is 12.9. The molecule has 2 amide bonds. The van der Waals surface area contributed by atoms with Crippen molar-refractivity contribution in [1.82, 2.24) is 4.90 Å². The second-order valence-electron chi connectivity index (χ2n) is 7.26. The van der Waals surface area contributed by atoms with Crippen LogP contribution in [0.4, 0.5) is 5.69 Å². The highest BCUT2D eigenvalue weighted by Crippen LogP contribution is 2.33. The molecule has 162 valence electrons. The van der Waals surface area contributed by atoms with Gasteiger partial charge in [0.05, 0.1) is 10.6 Å². The van der Waals surface area contributed by atoms with Crippen LogP contribution in [-0.2, 0) is 9.59 Å². The largest absolute Gasteiger partial charge is 0.506 e. The van der Waals surface area contributed by atoms with Gasteiger partial charge in [-0.3, -0.25) is 14.5 Å². The van der Waals surface area contributed by atoms with Crippen LogP contribution >= 0.6 is 35.6 Å². The van der Waals surface area contributed by atoms with Gasteiger partial charge in [-0.05, 0) is 49.6 Å². The number of thiocarbonyl (C=S) groups is 1. The number of halogens is 1. The highest BCUT2D eigenvalue weighted by atomic mass is 35.5. The van der Waals surface area contributed by atoms with Gasteiger partial charge in [-0.2, -0.15) is 0 Å². The van der Waals surface area contributed by atoms with E-state index in [1.807, 2.05) is 37.3 Å². The second kappa shape index (κ2) is 10.8. The highest BCUT2D eigenvalue weighted by molar-refractivity contribution is 8.26. The Hall–Kier alpha value is -2.35. The van der Waals surface area contributed by atoms with Gasteiger partial charge >= 0.3 is 0 Å². The van der Waals surface area contributed by atoms with Crippen molar-refractivity contribution in [2.45, 2.75) is 32.6 Å². The van der Waals surface area contributed by atoms with Crippen LogP contribution in [0.2, 0.25) is 5.02 Å². The molecule has 8 heteroatoms. The van der Waals surface area contributed by atoms with Gasteiger partial charge in [-0.1, -0.05) is 71.8 Å². The molecule has 1 heterocycles. The number of nitrogens with one attached hydrogen (secondary N) is 1. The minimum atomic E-state index is -0.191. The van der Waals surface area contributed by atoms with Gasteiger partial charge in [0, 0.05) is 18.0 Å². The molecule has 2 aromatic carbocycles. The van der Waals surface area contributed by atoms with Crippen molar-refractivity contribution in [2.24, 2.45) is 0 Å². The van der Waals surface area contributed by atoms with Gasteiger partial charge in [-0.15, -0.1) is 0 Å². The summed E-state index contributed by atoms with van der Waals surface area (Å²) in [6, 6.07) is 12.5. The Labute approximate surface area is 196 Å². The Kier molecular flexibility index (Phi) is 8.12. The Morgan fingerprint density at radius 3 is 2.68 bits per heavy atom. The number of anilines is 1. The van der Waals surface area contributed by atoms with Gasteiger partial charge in [0.25, 0.3) is 5.91 Å². The highest BCUT2D eigenvalue weighted by Gasteiger charge is 2.31. The number of phenols is 1. The number of carbonyl (C=O) groups is 2. The molecular formula is C23H23ClN2O3S2. The lowest BCUT2D eigenvalue weighted by Gasteiger charge is -2.14. The smallest absolute Gasteiger partial charge is 0.266 e. The Balaban J connectivity index is 1.42. The van der Waals surface area contributed by atoms with Crippen LogP contribution in [0.3, 0.4) is 0 Å². The summed E-state index contributed by atoms with van der Waals surface area (Å²) in [6.07, 6.45) is 4.39.